The van der Waals surface area contributed by atoms with E-state index in [1.54, 1.807) is 45.2 Å². The van der Waals surface area contributed by atoms with Crippen molar-refractivity contribution in [2.24, 2.45) is 5.41 Å². The van der Waals surface area contributed by atoms with Gasteiger partial charge in [-0.05, 0) is 46.8 Å². The van der Waals surface area contributed by atoms with E-state index in [1.807, 2.05) is 20.8 Å². The predicted octanol–water partition coefficient (Wildman–Crippen LogP) is 2.57. The lowest BCUT2D eigenvalue weighted by Gasteiger charge is -2.28. The van der Waals surface area contributed by atoms with Crippen molar-refractivity contribution in [3.05, 3.63) is 24.3 Å². The molecule has 0 saturated carbocycles. The van der Waals surface area contributed by atoms with Gasteiger partial charge in [-0.2, -0.15) is 0 Å². The number of carbonyl (C=O) groups is 2. The normalized spacial score (nSPS) is 11.7. The Morgan fingerprint density at radius 3 is 2.19 bits per heavy atom. The average Bonchev–Trinajstić information content (AvgIpc) is 2.36. The van der Waals surface area contributed by atoms with Crippen molar-refractivity contribution in [1.82, 2.24) is 5.32 Å². The van der Waals surface area contributed by atoms with Crippen LogP contribution in [-0.4, -0.2) is 24.5 Å². The molecule has 0 atom stereocenters. The monoisotopic (exact) mass is 292 g/mol. The molecular formula is C16H24N2O3. The van der Waals surface area contributed by atoms with Crippen molar-refractivity contribution >= 4 is 17.5 Å². The van der Waals surface area contributed by atoms with Crippen LogP contribution in [0.25, 0.3) is 0 Å². The number of anilines is 1. The number of hydrogen-bond donors (Lipinski definition) is 2. The van der Waals surface area contributed by atoms with Crippen LogP contribution in [0.1, 0.15) is 34.6 Å². The van der Waals surface area contributed by atoms with Gasteiger partial charge in [0, 0.05) is 17.3 Å². The Bertz CT molecular complexity index is 531. The maximum Gasteiger partial charge on any atom is 0.239 e. The van der Waals surface area contributed by atoms with Crippen LogP contribution in [-0.2, 0) is 9.59 Å². The molecule has 0 aromatic heterocycles. The van der Waals surface area contributed by atoms with E-state index in [0.717, 1.165) is 0 Å². The van der Waals surface area contributed by atoms with Crippen LogP contribution in [0.15, 0.2) is 24.3 Å². The van der Waals surface area contributed by atoms with Crippen LogP contribution in [0, 0.1) is 5.41 Å². The molecule has 0 aliphatic carbocycles. The molecule has 1 rings (SSSR count). The third-order valence-electron chi connectivity index (χ3n) is 2.95. The summed E-state index contributed by atoms with van der Waals surface area (Å²) < 4.78 is 5.10. The molecule has 0 aliphatic rings. The minimum Gasteiger partial charge on any atom is -0.497 e. The van der Waals surface area contributed by atoms with Gasteiger partial charge in [0.05, 0.1) is 7.11 Å². The van der Waals surface area contributed by atoms with Crippen LogP contribution in [0.3, 0.4) is 0 Å². The van der Waals surface area contributed by atoms with Gasteiger partial charge in [-0.1, -0.05) is 6.07 Å². The summed E-state index contributed by atoms with van der Waals surface area (Å²) >= 11 is 0. The number of ether oxygens (including phenoxy) is 1. The molecule has 0 unspecified atom stereocenters. The molecule has 0 saturated heterocycles. The van der Waals surface area contributed by atoms with E-state index in [-0.39, 0.29) is 17.4 Å². The fourth-order valence-electron chi connectivity index (χ4n) is 1.59. The highest BCUT2D eigenvalue weighted by atomic mass is 16.5. The quantitative estimate of drug-likeness (QED) is 0.838. The van der Waals surface area contributed by atoms with Gasteiger partial charge in [-0.15, -0.1) is 0 Å². The zero-order valence-electron chi connectivity index (χ0n) is 13.5. The van der Waals surface area contributed by atoms with E-state index >= 15 is 0 Å². The first kappa shape index (κ1) is 17.0. The van der Waals surface area contributed by atoms with Crippen LogP contribution in [0.4, 0.5) is 5.69 Å². The zero-order valence-corrected chi connectivity index (χ0v) is 13.5. The minimum atomic E-state index is -1.17. The van der Waals surface area contributed by atoms with Crippen LogP contribution >= 0.6 is 0 Å². The summed E-state index contributed by atoms with van der Waals surface area (Å²) in [5.74, 6) is -0.0300. The van der Waals surface area contributed by atoms with Gasteiger partial charge in [-0.3, -0.25) is 9.59 Å². The smallest absolute Gasteiger partial charge is 0.239 e. The number of methoxy groups -OCH3 is 1. The highest BCUT2D eigenvalue weighted by Gasteiger charge is 2.37. The lowest BCUT2D eigenvalue weighted by atomic mass is 9.89. The summed E-state index contributed by atoms with van der Waals surface area (Å²) in [6, 6.07) is 7.01. The summed E-state index contributed by atoms with van der Waals surface area (Å²) in [7, 11) is 1.56. The van der Waals surface area contributed by atoms with Gasteiger partial charge in [0.15, 0.2) is 0 Å². The lowest BCUT2D eigenvalue weighted by molar-refractivity contribution is -0.139. The van der Waals surface area contributed by atoms with Crippen molar-refractivity contribution in [2.75, 3.05) is 12.4 Å². The molecule has 5 heteroatoms. The van der Waals surface area contributed by atoms with Crippen molar-refractivity contribution in [2.45, 2.75) is 40.2 Å². The second-order valence-corrected chi connectivity index (χ2v) is 6.52. The Hall–Kier alpha value is -2.04. The Labute approximate surface area is 126 Å². The first-order valence-corrected chi connectivity index (χ1v) is 6.84. The van der Waals surface area contributed by atoms with Crippen LogP contribution in [0.2, 0.25) is 0 Å². The second-order valence-electron chi connectivity index (χ2n) is 6.52. The second kappa shape index (κ2) is 6.16. The van der Waals surface area contributed by atoms with Crippen molar-refractivity contribution < 1.29 is 14.3 Å². The van der Waals surface area contributed by atoms with Crippen LogP contribution in [0.5, 0.6) is 5.75 Å². The summed E-state index contributed by atoms with van der Waals surface area (Å²) in [4.78, 5) is 24.6. The predicted molar refractivity (Wildman–Crippen MR) is 83.3 cm³/mol. The Morgan fingerprint density at radius 1 is 1.05 bits per heavy atom. The third-order valence-corrected chi connectivity index (χ3v) is 2.95. The molecule has 0 fully saturated rings. The molecule has 116 valence electrons. The summed E-state index contributed by atoms with van der Waals surface area (Å²) in [5.41, 5.74) is -0.961. The minimum absolute atomic E-state index is 0.310. The standard InChI is InChI=1S/C16H24N2O3/c1-15(2,3)18-14(20)16(4,5)13(19)17-11-8-7-9-12(10-11)21-6/h7-10H,1-6H3,(H,17,19)(H,18,20). The lowest BCUT2D eigenvalue weighted by Crippen LogP contribution is -2.51. The van der Waals surface area contributed by atoms with Gasteiger partial charge in [0.2, 0.25) is 11.8 Å². The molecule has 1 aromatic rings. The van der Waals surface area contributed by atoms with Gasteiger partial charge in [0.25, 0.3) is 0 Å². The maximum atomic E-state index is 12.3. The zero-order chi connectivity index (χ0) is 16.3. The highest BCUT2D eigenvalue weighted by molar-refractivity contribution is 6.10. The first-order valence-electron chi connectivity index (χ1n) is 6.84. The molecule has 0 spiro atoms. The van der Waals surface area contributed by atoms with Crippen LogP contribution < -0.4 is 15.4 Å². The highest BCUT2D eigenvalue weighted by Crippen LogP contribution is 2.22. The molecule has 1 aromatic carbocycles. The van der Waals surface area contributed by atoms with Crippen molar-refractivity contribution in [1.29, 1.82) is 0 Å². The molecule has 5 nitrogen and oxygen atoms in total. The summed E-state index contributed by atoms with van der Waals surface area (Å²) in [6.07, 6.45) is 0. The van der Waals surface area contributed by atoms with Gasteiger partial charge >= 0.3 is 0 Å². The number of benzene rings is 1. The largest absolute Gasteiger partial charge is 0.497 e. The van der Waals surface area contributed by atoms with E-state index < -0.39 is 5.41 Å². The molecular weight excluding hydrogens is 268 g/mol. The topological polar surface area (TPSA) is 67.4 Å². The summed E-state index contributed by atoms with van der Waals surface area (Å²) in [5, 5.41) is 5.57. The number of hydrogen-bond acceptors (Lipinski definition) is 3. The van der Waals surface area contributed by atoms with E-state index in [9.17, 15) is 9.59 Å². The fraction of sp³-hybridized carbons (Fsp3) is 0.500. The molecule has 0 radical (unpaired) electrons. The van der Waals surface area contributed by atoms with Gasteiger partial charge in [-0.25, -0.2) is 0 Å². The fourth-order valence-corrected chi connectivity index (χ4v) is 1.59. The van der Waals surface area contributed by atoms with E-state index in [2.05, 4.69) is 10.6 Å². The molecule has 0 heterocycles. The molecule has 0 bridgehead atoms. The van der Waals surface area contributed by atoms with Gasteiger partial charge < -0.3 is 15.4 Å². The average molecular weight is 292 g/mol. The third kappa shape index (κ3) is 4.77. The number of rotatable bonds is 4. The van der Waals surface area contributed by atoms with E-state index in [1.165, 1.54) is 0 Å². The maximum absolute atomic E-state index is 12.3. The van der Waals surface area contributed by atoms with Crippen molar-refractivity contribution in [3.63, 3.8) is 0 Å². The molecule has 0 aliphatic heterocycles. The van der Waals surface area contributed by atoms with Gasteiger partial charge in [0.1, 0.15) is 11.2 Å². The molecule has 2 amide bonds. The van der Waals surface area contributed by atoms with E-state index in [4.69, 9.17) is 4.74 Å². The Kier molecular flexibility index (Phi) is 4.99. The first-order chi connectivity index (χ1) is 9.56. The Balaban J connectivity index is 2.83. The SMILES string of the molecule is COc1cccc(NC(=O)C(C)(C)C(=O)NC(C)(C)C)c1. The Morgan fingerprint density at radius 2 is 1.67 bits per heavy atom. The number of amides is 2. The molecule has 21 heavy (non-hydrogen) atoms. The van der Waals surface area contributed by atoms with Crippen molar-refractivity contribution in [3.8, 4) is 5.75 Å². The van der Waals surface area contributed by atoms with E-state index in [0.29, 0.717) is 11.4 Å². The number of nitrogens with one attached hydrogen (secondary N) is 2. The summed E-state index contributed by atoms with van der Waals surface area (Å²) in [6.45, 7) is 8.83. The number of carbonyl (C=O) groups excluding carboxylic acids is 2. The molecule has 2 N–H and O–H groups in total.